The molecule has 2 aromatic carbocycles. The minimum Gasteiger partial charge on any atom is -0.337 e. The molecule has 1 atom stereocenters. The minimum absolute atomic E-state index is 0.0920. The molecule has 0 aliphatic rings. The highest BCUT2D eigenvalue weighted by Crippen LogP contribution is 2.18. The molecule has 0 aromatic heterocycles. The molecule has 2 rings (SSSR count). The van der Waals surface area contributed by atoms with E-state index in [0.29, 0.717) is 19.5 Å². The van der Waals surface area contributed by atoms with E-state index in [1.54, 1.807) is 32.0 Å². The Balaban J connectivity index is 1.99. The first kappa shape index (κ1) is 22.5. The Hall–Kier alpha value is -2.76. The van der Waals surface area contributed by atoms with Crippen molar-refractivity contribution in [3.8, 4) is 6.07 Å². The van der Waals surface area contributed by atoms with Gasteiger partial charge in [-0.15, -0.1) is 0 Å². The minimum atomic E-state index is -3.52. The van der Waals surface area contributed by atoms with E-state index in [1.165, 1.54) is 34.6 Å². The summed E-state index contributed by atoms with van der Waals surface area (Å²) in [4.78, 5) is 12.4. The van der Waals surface area contributed by atoms with Crippen LogP contribution in [0.1, 0.15) is 37.4 Å². The molecule has 0 heterocycles. The highest BCUT2D eigenvalue weighted by Gasteiger charge is 2.21. The normalized spacial score (nSPS) is 12.4. The Morgan fingerprint density at radius 2 is 1.76 bits per heavy atom. The Morgan fingerprint density at radius 1 is 1.14 bits per heavy atom. The highest BCUT2D eigenvalue weighted by molar-refractivity contribution is 7.89. The van der Waals surface area contributed by atoms with Crippen molar-refractivity contribution in [1.29, 1.82) is 5.26 Å². The van der Waals surface area contributed by atoms with Crippen LogP contribution < -0.4 is 5.32 Å². The fourth-order valence-corrected chi connectivity index (χ4v) is 4.38. The third-order valence-corrected chi connectivity index (χ3v) is 6.62. The number of carbonyl (C=O) groups excluding carboxylic acids is 1. The lowest BCUT2D eigenvalue weighted by Gasteiger charge is -2.18. The van der Waals surface area contributed by atoms with Gasteiger partial charge in [0.15, 0.2) is 0 Å². The van der Waals surface area contributed by atoms with Crippen molar-refractivity contribution in [3.05, 3.63) is 65.5 Å². The summed E-state index contributed by atoms with van der Waals surface area (Å²) in [6, 6.07) is 13.0. The van der Waals surface area contributed by atoms with Crippen LogP contribution >= 0.6 is 0 Å². The molecule has 0 aliphatic heterocycles. The third kappa shape index (κ3) is 5.62. The molecule has 0 spiro atoms. The van der Waals surface area contributed by atoms with Crippen molar-refractivity contribution >= 4 is 15.9 Å². The van der Waals surface area contributed by atoms with Crippen LogP contribution in [-0.2, 0) is 21.2 Å². The van der Waals surface area contributed by atoms with Crippen LogP contribution in [-0.4, -0.2) is 31.7 Å². The summed E-state index contributed by atoms with van der Waals surface area (Å²) >= 11 is 0. The first-order valence-corrected chi connectivity index (χ1v) is 10.8. The van der Waals surface area contributed by atoms with Gasteiger partial charge in [-0.25, -0.2) is 12.8 Å². The monoisotopic (exact) mass is 417 g/mol. The molecule has 8 heteroatoms. The number of hydrogen-bond donors (Lipinski definition) is 1. The fourth-order valence-electron chi connectivity index (χ4n) is 2.92. The molecule has 1 amide bonds. The van der Waals surface area contributed by atoms with E-state index in [-0.39, 0.29) is 22.8 Å². The molecule has 0 radical (unpaired) electrons. The average Bonchev–Trinajstić information content (AvgIpc) is 2.72. The second kappa shape index (κ2) is 10.1. The predicted octanol–water partition coefficient (Wildman–Crippen LogP) is 3.17. The van der Waals surface area contributed by atoms with Gasteiger partial charge in [0.05, 0.1) is 11.0 Å². The number of hydrogen-bond acceptors (Lipinski definition) is 4. The number of benzene rings is 2. The molecular formula is C21H24FN3O3S. The lowest BCUT2D eigenvalue weighted by Crippen LogP contribution is -2.30. The summed E-state index contributed by atoms with van der Waals surface area (Å²) in [5.41, 5.74) is 0.910. The molecule has 0 fully saturated rings. The van der Waals surface area contributed by atoms with E-state index < -0.39 is 21.9 Å². The van der Waals surface area contributed by atoms with Gasteiger partial charge in [-0.2, -0.15) is 9.57 Å². The van der Waals surface area contributed by atoms with Crippen molar-refractivity contribution in [2.75, 3.05) is 13.1 Å². The van der Waals surface area contributed by atoms with Gasteiger partial charge in [-0.1, -0.05) is 44.2 Å². The molecule has 154 valence electrons. The Labute approximate surface area is 171 Å². The zero-order valence-corrected chi connectivity index (χ0v) is 17.2. The van der Waals surface area contributed by atoms with E-state index in [0.717, 1.165) is 5.56 Å². The number of halogens is 1. The number of sulfonamides is 1. The van der Waals surface area contributed by atoms with Gasteiger partial charge in [0.25, 0.3) is 0 Å². The van der Waals surface area contributed by atoms with Crippen molar-refractivity contribution in [2.45, 2.75) is 37.6 Å². The topological polar surface area (TPSA) is 90.3 Å². The van der Waals surface area contributed by atoms with Crippen molar-refractivity contribution in [2.24, 2.45) is 0 Å². The largest absolute Gasteiger partial charge is 0.337 e. The molecule has 0 saturated heterocycles. The zero-order chi connectivity index (χ0) is 21.4. The number of carbonyl (C=O) groups is 1. The van der Waals surface area contributed by atoms with Crippen LogP contribution in [0.3, 0.4) is 0 Å². The molecule has 29 heavy (non-hydrogen) atoms. The van der Waals surface area contributed by atoms with Crippen LogP contribution in [0.5, 0.6) is 0 Å². The van der Waals surface area contributed by atoms with E-state index >= 15 is 0 Å². The molecule has 0 saturated carbocycles. The summed E-state index contributed by atoms with van der Waals surface area (Å²) in [6.07, 6.45) is 0.460. The zero-order valence-electron chi connectivity index (χ0n) is 16.4. The summed E-state index contributed by atoms with van der Waals surface area (Å²) < 4.78 is 40.2. The quantitative estimate of drug-likeness (QED) is 0.679. The van der Waals surface area contributed by atoms with Gasteiger partial charge in [-0.3, -0.25) is 4.79 Å². The highest BCUT2D eigenvalue weighted by atomic mass is 32.2. The van der Waals surface area contributed by atoms with Gasteiger partial charge < -0.3 is 5.32 Å². The summed E-state index contributed by atoms with van der Waals surface area (Å²) in [5.74, 6) is -0.941. The van der Waals surface area contributed by atoms with Gasteiger partial charge in [0.1, 0.15) is 11.9 Å². The second-order valence-corrected chi connectivity index (χ2v) is 8.32. The molecule has 0 aliphatic carbocycles. The molecule has 6 nitrogen and oxygen atoms in total. The first-order valence-electron chi connectivity index (χ1n) is 9.36. The van der Waals surface area contributed by atoms with Crippen molar-refractivity contribution < 1.29 is 17.6 Å². The van der Waals surface area contributed by atoms with Gasteiger partial charge in [-0.05, 0) is 30.2 Å². The third-order valence-electron chi connectivity index (χ3n) is 4.56. The van der Waals surface area contributed by atoms with Crippen LogP contribution in [0.15, 0.2) is 53.4 Å². The van der Waals surface area contributed by atoms with Crippen molar-refractivity contribution in [1.82, 2.24) is 9.62 Å². The Bertz CT molecular complexity index is 981. The first-order chi connectivity index (χ1) is 13.8. The molecule has 1 N–H and O–H groups in total. The van der Waals surface area contributed by atoms with Crippen LogP contribution in [0.4, 0.5) is 4.39 Å². The summed E-state index contributed by atoms with van der Waals surface area (Å²) in [7, 11) is -3.52. The smallest absolute Gasteiger partial charge is 0.243 e. The Morgan fingerprint density at radius 3 is 2.31 bits per heavy atom. The number of amides is 1. The maximum absolute atomic E-state index is 13.8. The molecule has 1 unspecified atom stereocenters. The predicted molar refractivity (Wildman–Crippen MR) is 108 cm³/mol. The lowest BCUT2D eigenvalue weighted by molar-refractivity contribution is -0.121. The second-order valence-electron chi connectivity index (χ2n) is 6.38. The number of nitriles is 1. The maximum Gasteiger partial charge on any atom is 0.243 e. The SMILES string of the molecule is CCN(CC)S(=O)(=O)c1ccc(CCC(=O)NC(C#N)c2ccccc2F)cc1. The van der Waals surface area contributed by atoms with E-state index in [4.69, 9.17) is 0 Å². The molecular weight excluding hydrogens is 393 g/mol. The number of rotatable bonds is 9. The van der Waals surface area contributed by atoms with Gasteiger partial charge in [0.2, 0.25) is 15.9 Å². The fraction of sp³-hybridized carbons (Fsp3) is 0.333. The average molecular weight is 418 g/mol. The van der Waals surface area contributed by atoms with E-state index in [1.807, 2.05) is 6.07 Å². The van der Waals surface area contributed by atoms with Crippen LogP contribution in [0.25, 0.3) is 0 Å². The standard InChI is InChI=1S/C21H24FN3O3S/c1-3-25(4-2)29(27,28)17-12-9-16(10-13-17)11-14-21(26)24-20(15-23)18-7-5-6-8-19(18)22/h5-10,12-13,20H,3-4,11,14H2,1-2H3,(H,24,26). The molecule has 2 aromatic rings. The molecule has 0 bridgehead atoms. The summed E-state index contributed by atoms with van der Waals surface area (Å²) in [6.45, 7) is 4.35. The van der Waals surface area contributed by atoms with E-state index in [2.05, 4.69) is 5.32 Å². The van der Waals surface area contributed by atoms with Crippen LogP contribution in [0, 0.1) is 17.1 Å². The van der Waals surface area contributed by atoms with Gasteiger partial charge in [0, 0.05) is 25.1 Å². The number of aryl methyl sites for hydroxylation is 1. The maximum atomic E-state index is 13.8. The van der Waals surface area contributed by atoms with Crippen LogP contribution in [0.2, 0.25) is 0 Å². The summed E-state index contributed by atoms with van der Waals surface area (Å²) in [5, 5.41) is 11.8. The van der Waals surface area contributed by atoms with E-state index in [9.17, 15) is 22.9 Å². The number of nitrogens with one attached hydrogen (secondary N) is 1. The number of nitrogens with zero attached hydrogens (tertiary/aromatic N) is 2. The lowest BCUT2D eigenvalue weighted by atomic mass is 10.1. The Kier molecular flexibility index (Phi) is 7.88. The van der Waals surface area contributed by atoms with Gasteiger partial charge >= 0.3 is 0 Å². The van der Waals surface area contributed by atoms with Crippen molar-refractivity contribution in [3.63, 3.8) is 0 Å².